The maximum Gasteiger partial charge on any atom is 0.205 e. The maximum atomic E-state index is 9.63. The molecule has 120 valence electrons. The molecule has 2 aromatic carbocycles. The van der Waals surface area contributed by atoms with E-state index in [0.29, 0.717) is 16.9 Å². The predicted octanol–water partition coefficient (Wildman–Crippen LogP) is 3.27. The molecule has 1 atom stereocenters. The molecule has 25 heavy (non-hydrogen) atoms. The van der Waals surface area contributed by atoms with Crippen LogP contribution in [-0.4, -0.2) is 4.57 Å². The Morgan fingerprint density at radius 2 is 1.96 bits per heavy atom. The molecular weight excluding hydrogens is 312 g/mol. The van der Waals surface area contributed by atoms with Crippen LogP contribution in [0.3, 0.4) is 0 Å². The summed E-state index contributed by atoms with van der Waals surface area (Å²) in [6.07, 6.45) is 1.96. The first kappa shape index (κ1) is 14.9. The maximum absolute atomic E-state index is 9.63. The van der Waals surface area contributed by atoms with Crippen LogP contribution < -0.4 is 10.5 Å². The standard InChI is InChI=1S/C20H14N4O/c1-24-8-7-14-17(24)6-5-15-18(13-4-2-3-12(9-13)10-21)16(11-22)20(23)25-19(14)15/h2-9,18H,23H2,1H3. The second-order valence-electron chi connectivity index (χ2n) is 6.01. The van der Waals surface area contributed by atoms with E-state index in [0.717, 1.165) is 22.0 Å². The van der Waals surface area contributed by atoms with Crippen molar-refractivity contribution in [2.24, 2.45) is 12.8 Å². The minimum Gasteiger partial charge on any atom is -0.439 e. The van der Waals surface area contributed by atoms with Crippen LogP contribution in [-0.2, 0) is 7.05 Å². The van der Waals surface area contributed by atoms with Gasteiger partial charge < -0.3 is 15.0 Å². The molecule has 0 saturated carbocycles. The average molecular weight is 326 g/mol. The number of nitrogens with two attached hydrogens (primary N) is 1. The number of nitriles is 2. The zero-order chi connectivity index (χ0) is 17.6. The van der Waals surface area contributed by atoms with Gasteiger partial charge in [-0.3, -0.25) is 0 Å². The van der Waals surface area contributed by atoms with Crippen LogP contribution in [0.1, 0.15) is 22.6 Å². The fraction of sp³-hybridized carbons (Fsp3) is 0.100. The fourth-order valence-corrected chi connectivity index (χ4v) is 3.40. The van der Waals surface area contributed by atoms with Crippen molar-refractivity contribution in [3.8, 4) is 17.9 Å². The van der Waals surface area contributed by atoms with Crippen molar-refractivity contribution >= 4 is 10.9 Å². The molecule has 0 bridgehead atoms. The van der Waals surface area contributed by atoms with Gasteiger partial charge in [-0.25, -0.2) is 0 Å². The Kier molecular flexibility index (Phi) is 3.23. The van der Waals surface area contributed by atoms with Gasteiger partial charge in [0.25, 0.3) is 0 Å². The SMILES string of the molecule is Cn1ccc2c3c(ccc21)C(c1cccc(C#N)c1)C(C#N)=C(N)O3. The number of hydrogen-bond donors (Lipinski definition) is 1. The van der Waals surface area contributed by atoms with Crippen molar-refractivity contribution in [3.63, 3.8) is 0 Å². The number of hydrogen-bond acceptors (Lipinski definition) is 4. The summed E-state index contributed by atoms with van der Waals surface area (Å²) in [5.74, 6) is 0.423. The summed E-state index contributed by atoms with van der Waals surface area (Å²) in [7, 11) is 1.96. The Morgan fingerprint density at radius 3 is 2.72 bits per heavy atom. The molecule has 0 spiro atoms. The Balaban J connectivity index is 2.01. The number of nitrogens with zero attached hydrogens (tertiary/aromatic N) is 3. The van der Waals surface area contributed by atoms with Crippen molar-refractivity contribution in [2.75, 3.05) is 0 Å². The number of aryl methyl sites for hydroxylation is 1. The molecule has 5 nitrogen and oxygen atoms in total. The van der Waals surface area contributed by atoms with Gasteiger partial charge in [-0.2, -0.15) is 10.5 Å². The summed E-state index contributed by atoms with van der Waals surface area (Å²) in [6, 6.07) is 17.5. The molecule has 0 aliphatic carbocycles. The molecular formula is C20H14N4O. The molecule has 1 aromatic heterocycles. The second-order valence-corrected chi connectivity index (χ2v) is 6.01. The lowest BCUT2D eigenvalue weighted by atomic mass is 9.82. The largest absolute Gasteiger partial charge is 0.439 e. The lowest BCUT2D eigenvalue weighted by Crippen LogP contribution is -2.21. The van der Waals surface area contributed by atoms with Crippen molar-refractivity contribution in [1.29, 1.82) is 10.5 Å². The average Bonchev–Trinajstić information content (AvgIpc) is 3.02. The number of benzene rings is 2. The van der Waals surface area contributed by atoms with Gasteiger partial charge in [0.15, 0.2) is 0 Å². The molecule has 1 aliphatic heterocycles. The van der Waals surface area contributed by atoms with Crippen molar-refractivity contribution in [3.05, 3.63) is 76.8 Å². The fourth-order valence-electron chi connectivity index (χ4n) is 3.40. The quantitative estimate of drug-likeness (QED) is 0.743. The van der Waals surface area contributed by atoms with E-state index in [1.807, 2.05) is 48.1 Å². The molecule has 2 heterocycles. The zero-order valence-electron chi connectivity index (χ0n) is 13.5. The second kappa shape index (κ2) is 5.43. The molecule has 0 saturated heterocycles. The number of aromatic nitrogens is 1. The molecule has 0 fully saturated rings. The first-order valence-corrected chi connectivity index (χ1v) is 7.79. The van der Waals surface area contributed by atoms with E-state index < -0.39 is 0 Å². The molecule has 2 N–H and O–H groups in total. The van der Waals surface area contributed by atoms with Crippen molar-refractivity contribution in [1.82, 2.24) is 4.57 Å². The van der Waals surface area contributed by atoms with Gasteiger partial charge in [0.05, 0.1) is 23.1 Å². The highest BCUT2D eigenvalue weighted by atomic mass is 16.5. The lowest BCUT2D eigenvalue weighted by Gasteiger charge is -2.27. The first-order valence-electron chi connectivity index (χ1n) is 7.79. The number of ether oxygens (including phenoxy) is 1. The van der Waals surface area contributed by atoms with Crippen LogP contribution >= 0.6 is 0 Å². The van der Waals surface area contributed by atoms with Crippen LogP contribution in [0.2, 0.25) is 0 Å². The molecule has 1 aliphatic rings. The van der Waals surface area contributed by atoms with E-state index >= 15 is 0 Å². The molecule has 5 heteroatoms. The summed E-state index contributed by atoms with van der Waals surface area (Å²) < 4.78 is 7.83. The summed E-state index contributed by atoms with van der Waals surface area (Å²) in [5, 5.41) is 19.8. The topological polar surface area (TPSA) is 87.8 Å². The zero-order valence-corrected chi connectivity index (χ0v) is 13.5. The van der Waals surface area contributed by atoms with E-state index in [-0.39, 0.29) is 11.8 Å². The summed E-state index contributed by atoms with van der Waals surface area (Å²) in [6.45, 7) is 0. The molecule has 0 radical (unpaired) electrons. The van der Waals surface area contributed by atoms with E-state index in [1.165, 1.54) is 0 Å². The normalized spacial score (nSPS) is 16.0. The monoisotopic (exact) mass is 326 g/mol. The third kappa shape index (κ3) is 2.14. The number of allylic oxidation sites excluding steroid dienone is 1. The minimum absolute atomic E-state index is 0.110. The molecule has 3 aromatic rings. The third-order valence-electron chi connectivity index (χ3n) is 4.59. The summed E-state index contributed by atoms with van der Waals surface area (Å²) in [5.41, 5.74) is 9.71. The lowest BCUT2D eigenvalue weighted by molar-refractivity contribution is 0.398. The Labute approximate surface area is 144 Å². The van der Waals surface area contributed by atoms with Gasteiger partial charge in [-0.15, -0.1) is 0 Å². The highest BCUT2D eigenvalue weighted by molar-refractivity contribution is 5.89. The highest BCUT2D eigenvalue weighted by Gasteiger charge is 2.32. The summed E-state index contributed by atoms with van der Waals surface area (Å²) in [4.78, 5) is 0. The molecule has 4 rings (SSSR count). The van der Waals surface area contributed by atoms with E-state index in [9.17, 15) is 10.5 Å². The Hall–Kier alpha value is -3.70. The van der Waals surface area contributed by atoms with Crippen molar-refractivity contribution in [2.45, 2.75) is 5.92 Å². The van der Waals surface area contributed by atoms with Crippen LogP contribution in [0.4, 0.5) is 0 Å². The molecule has 1 unspecified atom stereocenters. The van der Waals surface area contributed by atoms with Crippen molar-refractivity contribution < 1.29 is 4.74 Å². The van der Waals surface area contributed by atoms with Crippen LogP contribution in [0, 0.1) is 22.7 Å². The van der Waals surface area contributed by atoms with E-state index in [2.05, 4.69) is 12.1 Å². The van der Waals surface area contributed by atoms with E-state index in [1.54, 1.807) is 12.1 Å². The van der Waals surface area contributed by atoms with Crippen LogP contribution in [0.25, 0.3) is 10.9 Å². The predicted molar refractivity (Wildman–Crippen MR) is 93.4 cm³/mol. The summed E-state index contributed by atoms with van der Waals surface area (Å²) >= 11 is 0. The highest BCUT2D eigenvalue weighted by Crippen LogP contribution is 2.45. The van der Waals surface area contributed by atoms with Gasteiger partial charge in [-0.05, 0) is 29.8 Å². The first-order chi connectivity index (χ1) is 12.1. The third-order valence-corrected chi connectivity index (χ3v) is 4.59. The van der Waals surface area contributed by atoms with E-state index in [4.69, 9.17) is 10.5 Å². The number of rotatable bonds is 1. The number of fused-ring (bicyclic) bond motifs is 3. The van der Waals surface area contributed by atoms with Gasteiger partial charge in [-0.1, -0.05) is 18.2 Å². The minimum atomic E-state index is -0.355. The smallest absolute Gasteiger partial charge is 0.205 e. The Bertz CT molecular complexity index is 1120. The van der Waals surface area contributed by atoms with Gasteiger partial charge in [0.2, 0.25) is 5.88 Å². The molecule has 0 amide bonds. The Morgan fingerprint density at radius 1 is 1.12 bits per heavy atom. The van der Waals surface area contributed by atoms with Gasteiger partial charge >= 0.3 is 0 Å². The van der Waals surface area contributed by atoms with Crippen LogP contribution in [0.15, 0.2) is 60.1 Å². The van der Waals surface area contributed by atoms with Crippen LogP contribution in [0.5, 0.6) is 5.75 Å². The van der Waals surface area contributed by atoms with Gasteiger partial charge in [0.1, 0.15) is 17.4 Å². The van der Waals surface area contributed by atoms with Gasteiger partial charge in [0, 0.05) is 24.2 Å².